The minimum absolute atomic E-state index is 0.520. The topological polar surface area (TPSA) is 12.0 Å². The van der Waals surface area contributed by atoms with Crippen LogP contribution in [0.1, 0.15) is 22.6 Å². The fraction of sp³-hybridized carbons (Fsp3) is 0.294. The molecule has 100 valence electrons. The van der Waals surface area contributed by atoms with E-state index < -0.39 is 0 Å². The Labute approximate surface area is 124 Å². The molecule has 0 fully saturated rings. The van der Waals surface area contributed by atoms with E-state index in [0.29, 0.717) is 5.92 Å². The minimum atomic E-state index is 0.520. The monoisotopic (exact) mass is 317 g/mol. The SMILES string of the molecule is CNCC(Cc1ccc(Br)cc1)c1ccc(C)cc1. The maximum atomic E-state index is 3.48. The van der Waals surface area contributed by atoms with Gasteiger partial charge >= 0.3 is 0 Å². The molecule has 0 amide bonds. The average molecular weight is 318 g/mol. The molecule has 2 aromatic carbocycles. The van der Waals surface area contributed by atoms with Gasteiger partial charge in [-0.05, 0) is 43.7 Å². The summed E-state index contributed by atoms with van der Waals surface area (Å²) >= 11 is 3.48. The first-order valence-corrected chi connectivity index (χ1v) is 7.44. The lowest BCUT2D eigenvalue weighted by Gasteiger charge is -2.17. The molecule has 1 N–H and O–H groups in total. The first-order chi connectivity index (χ1) is 9.19. The zero-order valence-corrected chi connectivity index (χ0v) is 13.1. The van der Waals surface area contributed by atoms with E-state index >= 15 is 0 Å². The lowest BCUT2D eigenvalue weighted by Crippen LogP contribution is -2.19. The van der Waals surface area contributed by atoms with Crippen molar-refractivity contribution in [3.63, 3.8) is 0 Å². The number of halogens is 1. The van der Waals surface area contributed by atoms with E-state index in [1.165, 1.54) is 16.7 Å². The molecule has 0 bridgehead atoms. The quantitative estimate of drug-likeness (QED) is 0.866. The molecule has 1 nitrogen and oxygen atoms in total. The highest BCUT2D eigenvalue weighted by Crippen LogP contribution is 2.22. The standard InChI is InChI=1S/C17H20BrN/c1-13-3-7-15(8-4-13)16(12-19-2)11-14-5-9-17(18)10-6-14/h3-10,16,19H,11-12H2,1-2H3. The van der Waals surface area contributed by atoms with Gasteiger partial charge in [0.25, 0.3) is 0 Å². The van der Waals surface area contributed by atoms with Crippen molar-refractivity contribution in [2.45, 2.75) is 19.3 Å². The third kappa shape index (κ3) is 4.19. The molecule has 2 rings (SSSR count). The number of nitrogens with one attached hydrogen (secondary N) is 1. The second kappa shape index (κ2) is 6.88. The van der Waals surface area contributed by atoms with Crippen LogP contribution in [0.4, 0.5) is 0 Å². The number of rotatable bonds is 5. The van der Waals surface area contributed by atoms with Gasteiger partial charge in [-0.1, -0.05) is 57.9 Å². The Morgan fingerprint density at radius 1 is 1.00 bits per heavy atom. The molecule has 0 saturated heterocycles. The second-order valence-electron chi connectivity index (χ2n) is 5.00. The summed E-state index contributed by atoms with van der Waals surface area (Å²) in [5, 5.41) is 3.30. The Bertz CT molecular complexity index is 502. The molecule has 0 radical (unpaired) electrons. The van der Waals surface area contributed by atoms with E-state index in [9.17, 15) is 0 Å². The fourth-order valence-corrected chi connectivity index (χ4v) is 2.56. The third-order valence-corrected chi connectivity index (χ3v) is 3.92. The maximum absolute atomic E-state index is 3.48. The van der Waals surface area contributed by atoms with E-state index in [1.54, 1.807) is 0 Å². The highest BCUT2D eigenvalue weighted by atomic mass is 79.9. The molecule has 0 aromatic heterocycles. The van der Waals surface area contributed by atoms with Crippen molar-refractivity contribution in [3.8, 4) is 0 Å². The Morgan fingerprint density at radius 3 is 2.21 bits per heavy atom. The zero-order chi connectivity index (χ0) is 13.7. The number of benzene rings is 2. The largest absolute Gasteiger partial charge is 0.319 e. The Balaban J connectivity index is 2.15. The summed E-state index contributed by atoms with van der Waals surface area (Å²) in [5.41, 5.74) is 4.10. The van der Waals surface area contributed by atoms with Crippen LogP contribution in [0.5, 0.6) is 0 Å². The number of aryl methyl sites for hydroxylation is 1. The molecule has 1 unspecified atom stereocenters. The number of hydrogen-bond acceptors (Lipinski definition) is 1. The van der Waals surface area contributed by atoms with Crippen molar-refractivity contribution in [2.75, 3.05) is 13.6 Å². The summed E-state index contributed by atoms with van der Waals surface area (Å²) in [4.78, 5) is 0. The van der Waals surface area contributed by atoms with Gasteiger partial charge in [0.2, 0.25) is 0 Å². The highest BCUT2D eigenvalue weighted by Gasteiger charge is 2.11. The van der Waals surface area contributed by atoms with E-state index in [4.69, 9.17) is 0 Å². The van der Waals surface area contributed by atoms with Crippen LogP contribution >= 0.6 is 15.9 Å². The first kappa shape index (κ1) is 14.3. The molecule has 1 atom stereocenters. The van der Waals surface area contributed by atoms with Crippen LogP contribution in [-0.4, -0.2) is 13.6 Å². The maximum Gasteiger partial charge on any atom is 0.0175 e. The minimum Gasteiger partial charge on any atom is -0.319 e. The van der Waals surface area contributed by atoms with Crippen molar-refractivity contribution >= 4 is 15.9 Å². The zero-order valence-electron chi connectivity index (χ0n) is 11.5. The van der Waals surface area contributed by atoms with Crippen molar-refractivity contribution < 1.29 is 0 Å². The average Bonchev–Trinajstić information content (AvgIpc) is 2.42. The van der Waals surface area contributed by atoms with Gasteiger partial charge in [0, 0.05) is 16.9 Å². The van der Waals surface area contributed by atoms with E-state index in [-0.39, 0.29) is 0 Å². The third-order valence-electron chi connectivity index (χ3n) is 3.39. The highest BCUT2D eigenvalue weighted by molar-refractivity contribution is 9.10. The van der Waals surface area contributed by atoms with Crippen molar-refractivity contribution in [1.82, 2.24) is 5.32 Å². The lowest BCUT2D eigenvalue weighted by atomic mass is 9.91. The predicted octanol–water partition coefficient (Wildman–Crippen LogP) is 4.30. The van der Waals surface area contributed by atoms with E-state index in [0.717, 1.165) is 17.4 Å². The van der Waals surface area contributed by atoms with Gasteiger partial charge in [-0.25, -0.2) is 0 Å². The molecular weight excluding hydrogens is 298 g/mol. The van der Waals surface area contributed by atoms with Gasteiger partial charge < -0.3 is 5.32 Å². The molecule has 0 aliphatic heterocycles. The summed E-state index contributed by atoms with van der Waals surface area (Å²) in [5.74, 6) is 0.520. The van der Waals surface area contributed by atoms with Gasteiger partial charge in [0.1, 0.15) is 0 Å². The normalized spacial score (nSPS) is 12.4. The van der Waals surface area contributed by atoms with Crippen LogP contribution < -0.4 is 5.32 Å². The summed E-state index contributed by atoms with van der Waals surface area (Å²) in [6, 6.07) is 17.5. The van der Waals surface area contributed by atoms with Crippen LogP contribution in [0.15, 0.2) is 53.0 Å². The lowest BCUT2D eigenvalue weighted by molar-refractivity contribution is 0.625. The number of likely N-dealkylation sites (N-methyl/N-ethyl adjacent to an activating group) is 1. The molecular formula is C17H20BrN. The summed E-state index contributed by atoms with van der Waals surface area (Å²) in [7, 11) is 2.02. The number of hydrogen-bond donors (Lipinski definition) is 1. The van der Waals surface area contributed by atoms with Gasteiger partial charge in [0.15, 0.2) is 0 Å². The fourth-order valence-electron chi connectivity index (χ4n) is 2.30. The van der Waals surface area contributed by atoms with E-state index in [2.05, 4.69) is 76.7 Å². The first-order valence-electron chi connectivity index (χ1n) is 6.64. The van der Waals surface area contributed by atoms with Crippen molar-refractivity contribution in [3.05, 3.63) is 69.7 Å². The molecule has 0 heterocycles. The predicted molar refractivity (Wildman–Crippen MR) is 85.7 cm³/mol. The second-order valence-corrected chi connectivity index (χ2v) is 5.91. The van der Waals surface area contributed by atoms with Crippen LogP contribution in [0.3, 0.4) is 0 Å². The van der Waals surface area contributed by atoms with Crippen LogP contribution in [0.2, 0.25) is 0 Å². The van der Waals surface area contributed by atoms with Crippen LogP contribution in [0.25, 0.3) is 0 Å². The van der Waals surface area contributed by atoms with Crippen molar-refractivity contribution in [2.24, 2.45) is 0 Å². The van der Waals surface area contributed by atoms with Gasteiger partial charge in [0.05, 0.1) is 0 Å². The Kier molecular flexibility index (Phi) is 5.17. The molecule has 19 heavy (non-hydrogen) atoms. The summed E-state index contributed by atoms with van der Waals surface area (Å²) in [6.45, 7) is 3.13. The van der Waals surface area contributed by atoms with Gasteiger partial charge in [-0.15, -0.1) is 0 Å². The van der Waals surface area contributed by atoms with Gasteiger partial charge in [-0.3, -0.25) is 0 Å². The molecule has 0 saturated carbocycles. The van der Waals surface area contributed by atoms with Gasteiger partial charge in [-0.2, -0.15) is 0 Å². The smallest absolute Gasteiger partial charge is 0.0175 e. The molecule has 0 spiro atoms. The van der Waals surface area contributed by atoms with Crippen LogP contribution in [0, 0.1) is 6.92 Å². The summed E-state index contributed by atoms with van der Waals surface area (Å²) in [6.07, 6.45) is 1.07. The molecule has 0 aliphatic rings. The Morgan fingerprint density at radius 2 is 1.63 bits per heavy atom. The summed E-state index contributed by atoms with van der Waals surface area (Å²) < 4.78 is 1.14. The molecule has 2 heteroatoms. The van der Waals surface area contributed by atoms with E-state index in [1.807, 2.05) is 7.05 Å². The van der Waals surface area contributed by atoms with Crippen molar-refractivity contribution in [1.29, 1.82) is 0 Å². The van der Waals surface area contributed by atoms with Crippen LogP contribution in [-0.2, 0) is 6.42 Å². The Hall–Kier alpha value is -1.12. The molecule has 0 aliphatic carbocycles. The molecule has 2 aromatic rings.